The summed E-state index contributed by atoms with van der Waals surface area (Å²) in [6.45, 7) is 3.93. The van der Waals surface area contributed by atoms with Crippen LogP contribution >= 0.6 is 11.3 Å². The van der Waals surface area contributed by atoms with Crippen molar-refractivity contribution in [2.45, 2.75) is 32.9 Å². The maximum atomic E-state index is 12.6. The van der Waals surface area contributed by atoms with Gasteiger partial charge in [0.2, 0.25) is 5.91 Å². The molecule has 3 aromatic rings. The number of rotatable bonds is 5. The zero-order chi connectivity index (χ0) is 17.1. The smallest absolute Gasteiger partial charge is 0.262 e. The van der Waals surface area contributed by atoms with Crippen molar-refractivity contribution in [3.05, 3.63) is 53.1 Å². The van der Waals surface area contributed by atoms with Crippen molar-refractivity contribution in [3.63, 3.8) is 0 Å². The number of aromatic nitrogens is 2. The predicted octanol–water partition coefficient (Wildman–Crippen LogP) is 3.04. The molecule has 1 atom stereocenters. The van der Waals surface area contributed by atoms with E-state index in [1.807, 2.05) is 50.2 Å². The summed E-state index contributed by atoms with van der Waals surface area (Å²) in [6, 6.07) is 11.8. The number of hydrogen-bond donors (Lipinski definition) is 1. The van der Waals surface area contributed by atoms with Crippen molar-refractivity contribution in [2.24, 2.45) is 0 Å². The van der Waals surface area contributed by atoms with E-state index in [1.165, 1.54) is 22.2 Å². The summed E-state index contributed by atoms with van der Waals surface area (Å²) in [5.74, 6) is -0.175. The van der Waals surface area contributed by atoms with E-state index in [-0.39, 0.29) is 24.1 Å². The highest BCUT2D eigenvalue weighted by Gasteiger charge is 2.13. The summed E-state index contributed by atoms with van der Waals surface area (Å²) in [6.07, 6.45) is 2.30. The highest BCUT2D eigenvalue weighted by Crippen LogP contribution is 2.30. The Morgan fingerprint density at radius 3 is 2.79 bits per heavy atom. The minimum Gasteiger partial charge on any atom is -0.352 e. The van der Waals surface area contributed by atoms with E-state index in [0.717, 1.165) is 16.9 Å². The van der Waals surface area contributed by atoms with Crippen molar-refractivity contribution in [1.82, 2.24) is 14.9 Å². The first-order chi connectivity index (χ1) is 11.6. The molecule has 6 heteroatoms. The van der Waals surface area contributed by atoms with Gasteiger partial charge in [-0.25, -0.2) is 4.98 Å². The van der Waals surface area contributed by atoms with Gasteiger partial charge in [-0.3, -0.25) is 14.2 Å². The molecule has 0 aliphatic heterocycles. The van der Waals surface area contributed by atoms with Crippen LogP contribution in [0.5, 0.6) is 0 Å². The van der Waals surface area contributed by atoms with Crippen LogP contribution in [0, 0.1) is 0 Å². The van der Waals surface area contributed by atoms with E-state index in [4.69, 9.17) is 0 Å². The van der Waals surface area contributed by atoms with Crippen molar-refractivity contribution in [3.8, 4) is 10.4 Å². The minimum absolute atomic E-state index is 0.0113. The predicted molar refractivity (Wildman–Crippen MR) is 97.2 cm³/mol. The monoisotopic (exact) mass is 341 g/mol. The number of carbonyl (C=O) groups is 1. The standard InChI is InChI=1S/C18H19N3O2S/c1-3-12(2)20-16(22)10-21-11-19-17-14(18(21)23)9-15(24-17)13-7-5-4-6-8-13/h4-9,11-12H,3,10H2,1-2H3,(H,20,22)/t12-/m0/s1. The zero-order valence-electron chi connectivity index (χ0n) is 13.7. The summed E-state index contributed by atoms with van der Waals surface area (Å²) >= 11 is 1.48. The number of benzene rings is 1. The van der Waals surface area contributed by atoms with Crippen LogP contribution in [-0.2, 0) is 11.3 Å². The van der Waals surface area contributed by atoms with Gasteiger partial charge >= 0.3 is 0 Å². The second-order valence-electron chi connectivity index (χ2n) is 5.75. The Balaban J connectivity index is 1.91. The van der Waals surface area contributed by atoms with Crippen LogP contribution in [0.25, 0.3) is 20.7 Å². The molecule has 0 saturated heterocycles. The third-order valence-electron chi connectivity index (χ3n) is 3.91. The quantitative estimate of drug-likeness (QED) is 0.776. The Bertz CT molecular complexity index is 915. The summed E-state index contributed by atoms with van der Waals surface area (Å²) in [7, 11) is 0. The topological polar surface area (TPSA) is 64.0 Å². The molecule has 0 aliphatic rings. The molecule has 2 heterocycles. The van der Waals surface area contributed by atoms with E-state index in [1.54, 1.807) is 0 Å². The van der Waals surface area contributed by atoms with E-state index in [2.05, 4.69) is 10.3 Å². The molecule has 1 aromatic carbocycles. The second kappa shape index (κ2) is 6.97. The Hall–Kier alpha value is -2.47. The Morgan fingerprint density at radius 2 is 2.08 bits per heavy atom. The number of fused-ring (bicyclic) bond motifs is 1. The minimum atomic E-state index is -0.183. The highest BCUT2D eigenvalue weighted by atomic mass is 32.1. The molecule has 0 saturated carbocycles. The molecule has 0 spiro atoms. The average Bonchev–Trinajstić information content (AvgIpc) is 3.03. The van der Waals surface area contributed by atoms with Crippen LogP contribution < -0.4 is 10.9 Å². The molecule has 1 amide bonds. The number of hydrogen-bond acceptors (Lipinski definition) is 4. The molecule has 0 bridgehead atoms. The van der Waals surface area contributed by atoms with Gasteiger partial charge in [0.15, 0.2) is 0 Å². The van der Waals surface area contributed by atoms with E-state index in [9.17, 15) is 9.59 Å². The number of amides is 1. The largest absolute Gasteiger partial charge is 0.352 e. The maximum Gasteiger partial charge on any atom is 0.262 e. The summed E-state index contributed by atoms with van der Waals surface area (Å²) in [5.41, 5.74) is 0.874. The SMILES string of the molecule is CC[C@H](C)NC(=O)Cn1cnc2sc(-c3ccccc3)cc2c1=O. The molecule has 1 N–H and O–H groups in total. The lowest BCUT2D eigenvalue weighted by Crippen LogP contribution is -2.37. The Labute approximate surface area is 144 Å². The van der Waals surface area contributed by atoms with Gasteiger partial charge in [-0.2, -0.15) is 0 Å². The fourth-order valence-corrected chi connectivity index (χ4v) is 3.39. The normalized spacial score (nSPS) is 12.2. The zero-order valence-corrected chi connectivity index (χ0v) is 14.5. The van der Waals surface area contributed by atoms with Gasteiger partial charge in [-0.05, 0) is 25.0 Å². The maximum absolute atomic E-state index is 12.6. The van der Waals surface area contributed by atoms with Crippen LogP contribution in [0.1, 0.15) is 20.3 Å². The molecule has 0 aliphatic carbocycles. The third-order valence-corrected chi connectivity index (χ3v) is 5.00. The lowest BCUT2D eigenvalue weighted by molar-refractivity contribution is -0.122. The van der Waals surface area contributed by atoms with Gasteiger partial charge < -0.3 is 5.32 Å². The molecule has 0 radical (unpaired) electrons. The van der Waals surface area contributed by atoms with Crippen LogP contribution in [0.15, 0.2) is 47.5 Å². The lowest BCUT2D eigenvalue weighted by Gasteiger charge is -2.11. The van der Waals surface area contributed by atoms with Crippen LogP contribution in [0.4, 0.5) is 0 Å². The average molecular weight is 341 g/mol. The molecular formula is C18H19N3O2S. The molecule has 2 aromatic heterocycles. The van der Waals surface area contributed by atoms with Gasteiger partial charge in [0, 0.05) is 10.9 Å². The fourth-order valence-electron chi connectivity index (χ4n) is 2.39. The molecule has 24 heavy (non-hydrogen) atoms. The first-order valence-electron chi connectivity index (χ1n) is 7.92. The molecule has 0 fully saturated rings. The number of nitrogens with zero attached hydrogens (tertiary/aromatic N) is 2. The van der Waals surface area contributed by atoms with Gasteiger partial charge in [0.25, 0.3) is 5.56 Å². The van der Waals surface area contributed by atoms with E-state index in [0.29, 0.717) is 10.2 Å². The lowest BCUT2D eigenvalue weighted by atomic mass is 10.2. The van der Waals surface area contributed by atoms with E-state index >= 15 is 0 Å². The van der Waals surface area contributed by atoms with Gasteiger partial charge in [-0.15, -0.1) is 11.3 Å². The Morgan fingerprint density at radius 1 is 1.33 bits per heavy atom. The van der Waals surface area contributed by atoms with Crippen molar-refractivity contribution in [1.29, 1.82) is 0 Å². The van der Waals surface area contributed by atoms with Gasteiger partial charge in [-0.1, -0.05) is 37.3 Å². The van der Waals surface area contributed by atoms with Crippen LogP contribution in [-0.4, -0.2) is 21.5 Å². The number of thiophene rings is 1. The highest BCUT2D eigenvalue weighted by molar-refractivity contribution is 7.21. The number of nitrogens with one attached hydrogen (secondary N) is 1. The molecular weight excluding hydrogens is 322 g/mol. The van der Waals surface area contributed by atoms with Crippen LogP contribution in [0.3, 0.4) is 0 Å². The first-order valence-corrected chi connectivity index (χ1v) is 8.74. The van der Waals surface area contributed by atoms with Gasteiger partial charge in [0.05, 0.1) is 11.7 Å². The van der Waals surface area contributed by atoms with E-state index < -0.39 is 0 Å². The summed E-state index contributed by atoms with van der Waals surface area (Å²) < 4.78 is 1.36. The van der Waals surface area contributed by atoms with Crippen LogP contribution in [0.2, 0.25) is 0 Å². The van der Waals surface area contributed by atoms with Crippen molar-refractivity contribution < 1.29 is 4.79 Å². The first kappa shape index (κ1) is 16.4. The number of carbonyl (C=O) groups excluding carboxylic acids is 1. The third kappa shape index (κ3) is 3.38. The summed E-state index contributed by atoms with van der Waals surface area (Å²) in [4.78, 5) is 30.6. The summed E-state index contributed by atoms with van der Waals surface area (Å²) in [5, 5.41) is 3.41. The molecule has 124 valence electrons. The van der Waals surface area contributed by atoms with Crippen molar-refractivity contribution >= 4 is 27.5 Å². The van der Waals surface area contributed by atoms with Gasteiger partial charge in [0.1, 0.15) is 11.4 Å². The second-order valence-corrected chi connectivity index (χ2v) is 6.78. The fraction of sp³-hybridized carbons (Fsp3) is 0.278. The Kier molecular flexibility index (Phi) is 4.76. The molecule has 0 unspecified atom stereocenters. The van der Waals surface area contributed by atoms with Crippen molar-refractivity contribution in [2.75, 3.05) is 0 Å². The molecule has 3 rings (SSSR count). The molecule has 5 nitrogen and oxygen atoms in total.